The Kier molecular flexibility index (Phi) is 2.80. The predicted molar refractivity (Wildman–Crippen MR) is 61.2 cm³/mol. The first-order valence-corrected chi connectivity index (χ1v) is 5.44. The molecule has 0 N–H and O–H groups in total. The van der Waals surface area contributed by atoms with E-state index in [1.807, 2.05) is 24.3 Å². The van der Waals surface area contributed by atoms with Crippen LogP contribution in [-0.2, 0) is 10.3 Å². The van der Waals surface area contributed by atoms with Crippen molar-refractivity contribution < 1.29 is 9.53 Å². The first-order valence-electron chi connectivity index (χ1n) is 5.44. The minimum atomic E-state index is -0.395. The maximum Gasteiger partial charge on any atom is 0.235 e. The fourth-order valence-corrected chi connectivity index (χ4v) is 2.58. The van der Waals surface area contributed by atoms with E-state index in [0.717, 1.165) is 24.2 Å². The number of rotatable bonds is 3. The maximum atomic E-state index is 10.6. The number of carbonyl (C=O) groups excluding carboxylic acids is 1. The van der Waals surface area contributed by atoms with Crippen LogP contribution in [0.3, 0.4) is 0 Å². The molecule has 0 amide bonds. The molecule has 0 bridgehead atoms. The minimum absolute atomic E-state index is 0.395. The Balaban J connectivity index is 2.44. The van der Waals surface area contributed by atoms with Gasteiger partial charge >= 0.3 is 0 Å². The van der Waals surface area contributed by atoms with Crippen LogP contribution in [0, 0.1) is 5.92 Å². The zero-order valence-corrected chi connectivity index (χ0v) is 9.56. The molecular formula is C13H15NO2. The summed E-state index contributed by atoms with van der Waals surface area (Å²) in [5, 5.41) is 0. The number of nitrogens with zero attached hydrogens (tertiary/aromatic N) is 1. The lowest BCUT2D eigenvalue weighted by Crippen LogP contribution is -2.38. The Morgan fingerprint density at radius 3 is 2.69 bits per heavy atom. The van der Waals surface area contributed by atoms with Gasteiger partial charge in [-0.2, -0.15) is 4.99 Å². The number of hydrogen-bond acceptors (Lipinski definition) is 3. The monoisotopic (exact) mass is 217 g/mol. The van der Waals surface area contributed by atoms with Crippen molar-refractivity contribution in [2.24, 2.45) is 10.9 Å². The van der Waals surface area contributed by atoms with E-state index < -0.39 is 5.54 Å². The average Bonchev–Trinajstić information content (AvgIpc) is 2.27. The van der Waals surface area contributed by atoms with Gasteiger partial charge in [-0.3, -0.25) is 0 Å². The van der Waals surface area contributed by atoms with Crippen molar-refractivity contribution in [2.75, 3.05) is 7.11 Å². The molecular weight excluding hydrogens is 202 g/mol. The Hall–Kier alpha value is -1.60. The third-order valence-corrected chi connectivity index (χ3v) is 3.24. The first-order chi connectivity index (χ1) is 7.72. The summed E-state index contributed by atoms with van der Waals surface area (Å²) < 4.78 is 5.32. The molecule has 0 saturated heterocycles. The summed E-state index contributed by atoms with van der Waals surface area (Å²) in [6, 6.07) is 7.75. The molecule has 1 aliphatic rings. The molecule has 0 radical (unpaired) electrons. The normalized spacial score (nSPS) is 27.8. The van der Waals surface area contributed by atoms with Gasteiger partial charge in [0.15, 0.2) is 0 Å². The molecule has 16 heavy (non-hydrogen) atoms. The summed E-state index contributed by atoms with van der Waals surface area (Å²) in [7, 11) is 1.64. The van der Waals surface area contributed by atoms with Crippen molar-refractivity contribution in [1.29, 1.82) is 0 Å². The first kappa shape index (κ1) is 10.9. The van der Waals surface area contributed by atoms with Gasteiger partial charge in [0, 0.05) is 5.56 Å². The van der Waals surface area contributed by atoms with Crippen LogP contribution in [-0.4, -0.2) is 13.2 Å². The van der Waals surface area contributed by atoms with Gasteiger partial charge in [-0.25, -0.2) is 4.79 Å². The van der Waals surface area contributed by atoms with E-state index in [4.69, 9.17) is 4.74 Å². The van der Waals surface area contributed by atoms with Crippen molar-refractivity contribution >= 4 is 6.08 Å². The molecule has 0 aromatic heterocycles. The number of para-hydroxylation sites is 1. The van der Waals surface area contributed by atoms with Crippen molar-refractivity contribution in [3.63, 3.8) is 0 Å². The molecule has 1 aromatic carbocycles. The lowest BCUT2D eigenvalue weighted by molar-refractivity contribution is 0.162. The Bertz CT molecular complexity index is 429. The molecule has 0 spiro atoms. The van der Waals surface area contributed by atoms with E-state index in [1.165, 1.54) is 0 Å². The minimum Gasteiger partial charge on any atom is -0.496 e. The summed E-state index contributed by atoms with van der Waals surface area (Å²) in [6.07, 6.45) is 3.48. The van der Waals surface area contributed by atoms with Crippen molar-refractivity contribution in [3.05, 3.63) is 29.8 Å². The van der Waals surface area contributed by atoms with Gasteiger partial charge in [0.25, 0.3) is 0 Å². The SMILES string of the molecule is COc1ccccc1C1(N=C=O)CC(C)C1. The second-order valence-corrected chi connectivity index (χ2v) is 4.45. The second kappa shape index (κ2) is 4.11. The van der Waals surface area contributed by atoms with E-state index in [0.29, 0.717) is 5.92 Å². The van der Waals surface area contributed by atoms with Crippen LogP contribution in [0.5, 0.6) is 5.75 Å². The highest BCUT2D eigenvalue weighted by molar-refractivity contribution is 5.45. The molecule has 0 heterocycles. The smallest absolute Gasteiger partial charge is 0.235 e. The Morgan fingerprint density at radius 1 is 1.44 bits per heavy atom. The fourth-order valence-electron chi connectivity index (χ4n) is 2.58. The molecule has 1 aliphatic carbocycles. The fraction of sp³-hybridized carbons (Fsp3) is 0.462. The second-order valence-electron chi connectivity index (χ2n) is 4.45. The van der Waals surface area contributed by atoms with E-state index >= 15 is 0 Å². The third kappa shape index (κ3) is 1.63. The van der Waals surface area contributed by atoms with E-state index in [-0.39, 0.29) is 0 Å². The zero-order valence-electron chi connectivity index (χ0n) is 9.56. The molecule has 1 fully saturated rings. The number of hydrogen-bond donors (Lipinski definition) is 0. The van der Waals surface area contributed by atoms with Crippen LogP contribution in [0.4, 0.5) is 0 Å². The maximum absolute atomic E-state index is 10.6. The molecule has 0 aliphatic heterocycles. The van der Waals surface area contributed by atoms with Crippen LogP contribution in [0.2, 0.25) is 0 Å². The quantitative estimate of drug-likeness (QED) is 0.576. The topological polar surface area (TPSA) is 38.7 Å². The average molecular weight is 217 g/mol. The highest BCUT2D eigenvalue weighted by atomic mass is 16.5. The number of benzene rings is 1. The van der Waals surface area contributed by atoms with Gasteiger partial charge in [0.2, 0.25) is 6.08 Å². The van der Waals surface area contributed by atoms with Crippen LogP contribution in [0.15, 0.2) is 29.3 Å². The van der Waals surface area contributed by atoms with Crippen molar-refractivity contribution in [2.45, 2.75) is 25.3 Å². The molecule has 3 nitrogen and oxygen atoms in total. The standard InChI is InChI=1S/C13H15NO2/c1-10-7-13(8-10,14-9-15)11-5-3-4-6-12(11)16-2/h3-6,10H,7-8H2,1-2H3. The Morgan fingerprint density at radius 2 is 2.12 bits per heavy atom. The largest absolute Gasteiger partial charge is 0.496 e. The molecule has 3 heteroatoms. The summed E-state index contributed by atoms with van der Waals surface area (Å²) in [5.74, 6) is 1.40. The van der Waals surface area contributed by atoms with Gasteiger partial charge < -0.3 is 4.74 Å². The van der Waals surface area contributed by atoms with Crippen LogP contribution < -0.4 is 4.74 Å². The highest BCUT2D eigenvalue weighted by Gasteiger charge is 2.45. The van der Waals surface area contributed by atoms with E-state index in [2.05, 4.69) is 11.9 Å². The predicted octanol–water partition coefficient (Wildman–Crippen LogP) is 2.66. The summed E-state index contributed by atoms with van der Waals surface area (Å²) in [6.45, 7) is 2.16. The van der Waals surface area contributed by atoms with Gasteiger partial charge in [0.1, 0.15) is 11.3 Å². The van der Waals surface area contributed by atoms with Crippen LogP contribution in [0.1, 0.15) is 25.3 Å². The number of ether oxygens (including phenoxy) is 1. The van der Waals surface area contributed by atoms with Gasteiger partial charge in [-0.05, 0) is 24.8 Å². The van der Waals surface area contributed by atoms with Gasteiger partial charge in [-0.15, -0.1) is 0 Å². The van der Waals surface area contributed by atoms with Crippen molar-refractivity contribution in [3.8, 4) is 5.75 Å². The lowest BCUT2D eigenvalue weighted by atomic mass is 9.65. The van der Waals surface area contributed by atoms with E-state index in [9.17, 15) is 4.79 Å². The molecule has 84 valence electrons. The van der Waals surface area contributed by atoms with Crippen molar-refractivity contribution in [1.82, 2.24) is 0 Å². The molecule has 0 unspecified atom stereocenters. The molecule has 0 atom stereocenters. The zero-order chi connectivity index (χ0) is 11.6. The molecule has 1 aromatic rings. The number of isocyanates is 1. The summed E-state index contributed by atoms with van der Waals surface area (Å²) >= 11 is 0. The lowest BCUT2D eigenvalue weighted by Gasteiger charge is -2.42. The van der Waals surface area contributed by atoms with E-state index in [1.54, 1.807) is 13.2 Å². The van der Waals surface area contributed by atoms with Crippen LogP contribution >= 0.6 is 0 Å². The van der Waals surface area contributed by atoms with Crippen LogP contribution in [0.25, 0.3) is 0 Å². The number of methoxy groups -OCH3 is 1. The van der Waals surface area contributed by atoms with Gasteiger partial charge in [0.05, 0.1) is 7.11 Å². The summed E-state index contributed by atoms with van der Waals surface area (Å²) in [4.78, 5) is 14.6. The third-order valence-electron chi connectivity index (χ3n) is 3.24. The number of aliphatic imine (C=N–C) groups is 1. The molecule has 2 rings (SSSR count). The van der Waals surface area contributed by atoms with Gasteiger partial charge in [-0.1, -0.05) is 25.1 Å². The molecule has 1 saturated carbocycles. The summed E-state index contributed by atoms with van der Waals surface area (Å²) in [5.41, 5.74) is 0.604. The Labute approximate surface area is 95.2 Å². The highest BCUT2D eigenvalue weighted by Crippen LogP contribution is 2.50.